The van der Waals surface area contributed by atoms with E-state index < -0.39 is 12.7 Å². The van der Waals surface area contributed by atoms with Crippen molar-refractivity contribution in [1.82, 2.24) is 19.7 Å². The van der Waals surface area contributed by atoms with Crippen molar-refractivity contribution in [2.24, 2.45) is 0 Å². The van der Waals surface area contributed by atoms with E-state index in [1.165, 1.54) is 18.3 Å². The standard InChI is InChI=1S/C18H16F3N5OS/c1-9-3-4-11(7-22-9)14-12-5-6-13-16(28-17(24-13)23-10(2)27)15(12)26(25-14)8-18(19,20)21/h3-4,7H,5-6,8H2,1-2H3,(H,23,24,27). The molecule has 0 saturated heterocycles. The summed E-state index contributed by atoms with van der Waals surface area (Å²) in [4.78, 5) is 20.6. The van der Waals surface area contributed by atoms with Crippen molar-refractivity contribution in [2.75, 3.05) is 5.32 Å². The molecule has 3 heterocycles. The van der Waals surface area contributed by atoms with Gasteiger partial charge in [-0.15, -0.1) is 0 Å². The fourth-order valence-corrected chi connectivity index (χ4v) is 4.40. The Hall–Kier alpha value is -2.75. The molecule has 0 aromatic carbocycles. The van der Waals surface area contributed by atoms with Crippen LogP contribution in [0.4, 0.5) is 18.3 Å². The summed E-state index contributed by atoms with van der Waals surface area (Å²) in [5.41, 5.74) is 3.85. The molecule has 3 aromatic rings. The molecule has 10 heteroatoms. The van der Waals surface area contributed by atoms with E-state index >= 15 is 0 Å². The molecule has 3 aromatic heterocycles. The third-order valence-corrected chi connectivity index (χ3v) is 5.39. The summed E-state index contributed by atoms with van der Waals surface area (Å²) in [5, 5.41) is 7.28. The Morgan fingerprint density at radius 1 is 1.32 bits per heavy atom. The van der Waals surface area contributed by atoms with Crippen LogP contribution in [0, 0.1) is 6.92 Å². The van der Waals surface area contributed by atoms with Gasteiger partial charge in [-0.25, -0.2) is 4.98 Å². The molecule has 0 aliphatic heterocycles. The van der Waals surface area contributed by atoms with Crippen molar-refractivity contribution in [3.63, 3.8) is 0 Å². The monoisotopic (exact) mass is 407 g/mol. The average molecular weight is 407 g/mol. The van der Waals surface area contributed by atoms with Gasteiger partial charge in [0, 0.05) is 29.9 Å². The minimum absolute atomic E-state index is 0.276. The highest BCUT2D eigenvalue weighted by atomic mass is 32.1. The molecule has 6 nitrogen and oxygen atoms in total. The highest BCUT2D eigenvalue weighted by molar-refractivity contribution is 7.19. The number of nitrogens with one attached hydrogen (secondary N) is 1. The van der Waals surface area contributed by atoms with Gasteiger partial charge < -0.3 is 5.32 Å². The SMILES string of the molecule is CC(=O)Nc1nc2c(s1)-c1c(c(-c3ccc(C)nc3)nn1CC(F)(F)F)CC2. The van der Waals surface area contributed by atoms with E-state index in [4.69, 9.17) is 0 Å². The molecule has 1 aliphatic carbocycles. The molecule has 1 aliphatic rings. The summed E-state index contributed by atoms with van der Waals surface area (Å²) in [6, 6.07) is 3.62. The van der Waals surface area contributed by atoms with E-state index in [1.807, 2.05) is 13.0 Å². The fourth-order valence-electron chi connectivity index (χ4n) is 3.27. The van der Waals surface area contributed by atoms with Crippen LogP contribution in [-0.4, -0.2) is 31.8 Å². The lowest BCUT2D eigenvalue weighted by Crippen LogP contribution is -2.20. The van der Waals surface area contributed by atoms with E-state index in [9.17, 15) is 18.0 Å². The predicted molar refractivity (Wildman–Crippen MR) is 99.1 cm³/mol. The number of anilines is 1. The van der Waals surface area contributed by atoms with E-state index in [0.29, 0.717) is 45.5 Å². The Morgan fingerprint density at radius 3 is 2.75 bits per heavy atom. The zero-order chi connectivity index (χ0) is 20.1. The predicted octanol–water partition coefficient (Wildman–Crippen LogP) is 4.00. The number of aromatic nitrogens is 4. The van der Waals surface area contributed by atoms with Gasteiger partial charge in [-0.1, -0.05) is 11.3 Å². The molecule has 28 heavy (non-hydrogen) atoms. The number of nitrogens with zero attached hydrogens (tertiary/aromatic N) is 4. The first-order valence-corrected chi connectivity index (χ1v) is 9.40. The number of halogens is 3. The van der Waals surface area contributed by atoms with Crippen LogP contribution < -0.4 is 5.32 Å². The molecular weight excluding hydrogens is 391 g/mol. The second-order valence-corrected chi connectivity index (χ2v) is 7.61. The number of hydrogen-bond donors (Lipinski definition) is 1. The number of carbonyl (C=O) groups is 1. The maximum absolute atomic E-state index is 13.2. The first-order valence-electron chi connectivity index (χ1n) is 8.58. The maximum Gasteiger partial charge on any atom is 0.408 e. The Kier molecular flexibility index (Phi) is 4.45. The van der Waals surface area contributed by atoms with Crippen LogP contribution in [0.25, 0.3) is 21.8 Å². The molecule has 0 spiro atoms. The lowest BCUT2D eigenvalue weighted by molar-refractivity contribution is -0.142. The van der Waals surface area contributed by atoms with Crippen LogP contribution in [0.2, 0.25) is 0 Å². The largest absolute Gasteiger partial charge is 0.408 e. The highest BCUT2D eigenvalue weighted by Gasteiger charge is 2.35. The van der Waals surface area contributed by atoms with Gasteiger partial charge >= 0.3 is 6.18 Å². The van der Waals surface area contributed by atoms with Gasteiger partial charge in [0.05, 0.1) is 22.0 Å². The summed E-state index contributed by atoms with van der Waals surface area (Å²) in [7, 11) is 0. The van der Waals surface area contributed by atoms with Gasteiger partial charge in [-0.05, 0) is 31.9 Å². The minimum atomic E-state index is -4.41. The smallest absolute Gasteiger partial charge is 0.302 e. The number of amides is 1. The van der Waals surface area contributed by atoms with Crippen molar-refractivity contribution in [3.8, 4) is 21.8 Å². The number of hydrogen-bond acceptors (Lipinski definition) is 5. The second kappa shape index (κ2) is 6.69. The summed E-state index contributed by atoms with van der Waals surface area (Å²) in [6.45, 7) is 2.01. The Bertz CT molecular complexity index is 1050. The average Bonchev–Trinajstić information content (AvgIpc) is 3.14. The van der Waals surface area contributed by atoms with Crippen molar-refractivity contribution < 1.29 is 18.0 Å². The first-order chi connectivity index (χ1) is 13.2. The van der Waals surface area contributed by atoms with Crippen LogP contribution >= 0.6 is 11.3 Å². The van der Waals surface area contributed by atoms with E-state index in [-0.39, 0.29) is 5.91 Å². The number of thiazole rings is 1. The molecule has 0 fully saturated rings. The maximum atomic E-state index is 13.2. The van der Waals surface area contributed by atoms with Gasteiger partial charge in [0.15, 0.2) is 5.13 Å². The van der Waals surface area contributed by atoms with Gasteiger partial charge in [0.2, 0.25) is 5.91 Å². The molecule has 146 valence electrons. The summed E-state index contributed by atoms with van der Waals surface area (Å²) >= 11 is 1.17. The Labute approximate surface area is 162 Å². The summed E-state index contributed by atoms with van der Waals surface area (Å²) in [6.07, 6.45) is -1.69. The molecule has 0 atom stereocenters. The number of rotatable bonds is 3. The fraction of sp³-hybridized carbons (Fsp3) is 0.333. The second-order valence-electron chi connectivity index (χ2n) is 6.61. The van der Waals surface area contributed by atoms with Crippen LogP contribution in [-0.2, 0) is 24.2 Å². The summed E-state index contributed by atoms with van der Waals surface area (Å²) in [5.74, 6) is -0.276. The van der Waals surface area contributed by atoms with Crippen LogP contribution in [0.5, 0.6) is 0 Å². The number of pyridine rings is 1. The van der Waals surface area contributed by atoms with Crippen molar-refractivity contribution in [1.29, 1.82) is 0 Å². The van der Waals surface area contributed by atoms with E-state index in [1.54, 1.807) is 12.3 Å². The number of carbonyl (C=O) groups excluding carboxylic acids is 1. The number of alkyl halides is 3. The van der Waals surface area contributed by atoms with Crippen molar-refractivity contribution in [3.05, 3.63) is 35.3 Å². The quantitative estimate of drug-likeness (QED) is 0.712. The van der Waals surface area contributed by atoms with E-state index in [2.05, 4.69) is 20.4 Å². The molecule has 0 saturated carbocycles. The lowest BCUT2D eigenvalue weighted by atomic mass is 9.95. The molecule has 1 amide bonds. The van der Waals surface area contributed by atoms with Gasteiger partial charge in [0.25, 0.3) is 0 Å². The minimum Gasteiger partial charge on any atom is -0.302 e. The van der Waals surface area contributed by atoms with Crippen molar-refractivity contribution >= 4 is 22.4 Å². The number of aryl methyl sites for hydroxylation is 2. The van der Waals surface area contributed by atoms with Crippen molar-refractivity contribution in [2.45, 2.75) is 39.4 Å². The van der Waals surface area contributed by atoms with E-state index in [0.717, 1.165) is 15.9 Å². The lowest BCUT2D eigenvalue weighted by Gasteiger charge is -2.15. The van der Waals surface area contributed by atoms with Crippen LogP contribution in [0.1, 0.15) is 23.9 Å². The Balaban J connectivity index is 1.87. The normalized spacial score (nSPS) is 13.2. The zero-order valence-electron chi connectivity index (χ0n) is 15.1. The third kappa shape index (κ3) is 3.51. The van der Waals surface area contributed by atoms with Gasteiger partial charge in [0.1, 0.15) is 6.54 Å². The molecule has 4 rings (SSSR count). The zero-order valence-corrected chi connectivity index (χ0v) is 15.9. The topological polar surface area (TPSA) is 72.7 Å². The molecular formula is C18H16F3N5OS. The molecule has 0 bridgehead atoms. The summed E-state index contributed by atoms with van der Waals surface area (Å²) < 4.78 is 40.6. The van der Waals surface area contributed by atoms with Crippen LogP contribution in [0.3, 0.4) is 0 Å². The first kappa shape index (κ1) is 18.6. The van der Waals surface area contributed by atoms with Crippen LogP contribution in [0.15, 0.2) is 18.3 Å². The molecule has 0 unspecified atom stereocenters. The third-order valence-electron chi connectivity index (χ3n) is 4.37. The molecule has 0 radical (unpaired) electrons. The van der Waals surface area contributed by atoms with Gasteiger partial charge in [-0.2, -0.15) is 18.3 Å². The highest BCUT2D eigenvalue weighted by Crippen LogP contribution is 2.43. The molecule has 1 N–H and O–H groups in total. The Morgan fingerprint density at radius 2 is 2.11 bits per heavy atom. The number of fused-ring (bicyclic) bond motifs is 3. The van der Waals surface area contributed by atoms with Gasteiger partial charge in [-0.3, -0.25) is 14.5 Å².